The molecule has 1 heterocycles. The first-order valence-electron chi connectivity index (χ1n) is 7.71. The third-order valence-corrected chi connectivity index (χ3v) is 4.04. The van der Waals surface area contributed by atoms with Crippen LogP contribution in [0.15, 0.2) is 34.5 Å². The Morgan fingerprint density at radius 3 is 2.67 bits per heavy atom. The molecule has 0 aliphatic carbocycles. The lowest BCUT2D eigenvalue weighted by Crippen LogP contribution is -2.24. The Labute approximate surface area is 149 Å². The molecule has 1 aliphatic rings. The molecule has 0 aromatic heterocycles. The first-order valence-corrected chi connectivity index (χ1v) is 8.51. The van der Waals surface area contributed by atoms with E-state index in [1.54, 1.807) is 13.0 Å². The summed E-state index contributed by atoms with van der Waals surface area (Å²) in [7, 11) is 0. The maximum atomic E-state index is 12.0. The number of carbonyl (C=O) groups is 3. The van der Waals surface area contributed by atoms with E-state index in [-0.39, 0.29) is 13.0 Å². The molecule has 0 radical (unpaired) electrons. The maximum absolute atomic E-state index is 12.0. The van der Waals surface area contributed by atoms with Crippen molar-refractivity contribution in [1.29, 1.82) is 0 Å². The van der Waals surface area contributed by atoms with E-state index in [0.717, 1.165) is 12.5 Å². The van der Waals surface area contributed by atoms with Gasteiger partial charge in [-0.05, 0) is 41.8 Å². The molecular formula is C17H21BrO6. The Morgan fingerprint density at radius 1 is 1.42 bits per heavy atom. The molecule has 1 atom stereocenters. The molecule has 0 bridgehead atoms. The molecule has 0 aromatic rings. The summed E-state index contributed by atoms with van der Waals surface area (Å²) >= 11 is 3.33. The van der Waals surface area contributed by atoms with E-state index in [2.05, 4.69) is 22.5 Å². The number of carbonyl (C=O) groups excluding carboxylic acids is 3. The van der Waals surface area contributed by atoms with E-state index in [9.17, 15) is 14.4 Å². The van der Waals surface area contributed by atoms with Crippen LogP contribution in [0, 0.1) is 0 Å². The van der Waals surface area contributed by atoms with Crippen LogP contribution in [0.25, 0.3) is 0 Å². The van der Waals surface area contributed by atoms with Gasteiger partial charge in [-0.15, -0.1) is 0 Å². The second kappa shape index (κ2) is 10.1. The fraction of sp³-hybridized carbons (Fsp3) is 0.471. The zero-order valence-corrected chi connectivity index (χ0v) is 15.4. The Bertz CT molecular complexity index is 576. The molecule has 0 spiro atoms. The van der Waals surface area contributed by atoms with Crippen LogP contribution < -0.4 is 0 Å². The largest absolute Gasteiger partial charge is 0.463 e. The predicted octanol–water partition coefficient (Wildman–Crippen LogP) is 3.32. The molecule has 0 aromatic carbocycles. The van der Waals surface area contributed by atoms with Gasteiger partial charge < -0.3 is 14.2 Å². The van der Waals surface area contributed by atoms with Crippen molar-refractivity contribution in [2.75, 3.05) is 6.61 Å². The number of hydrogen-bond acceptors (Lipinski definition) is 6. The Morgan fingerprint density at radius 2 is 2.12 bits per heavy atom. The zero-order valence-electron chi connectivity index (χ0n) is 13.8. The quantitative estimate of drug-likeness (QED) is 0.255. The first kappa shape index (κ1) is 20.2. The molecule has 1 unspecified atom stereocenters. The highest BCUT2D eigenvalue weighted by molar-refractivity contribution is 9.12. The highest BCUT2D eigenvalue weighted by Crippen LogP contribution is 2.35. The maximum Gasteiger partial charge on any atom is 0.344 e. The standard InChI is InChI=1S/C17H21BrO6/c1-4-8-12(15-16(18)11(5-2)24-17(15)21)23-14(20)9-7-10-22-13(19)6-3/h5-6,12H,3-4,7-10H2,1-2H3/b11-5-. The minimum absolute atomic E-state index is 0.0844. The van der Waals surface area contributed by atoms with Crippen molar-refractivity contribution >= 4 is 33.8 Å². The predicted molar refractivity (Wildman–Crippen MR) is 91.0 cm³/mol. The van der Waals surface area contributed by atoms with E-state index in [1.165, 1.54) is 0 Å². The molecule has 6 nitrogen and oxygen atoms in total. The van der Waals surface area contributed by atoms with Gasteiger partial charge in [0.25, 0.3) is 0 Å². The number of allylic oxidation sites excluding steroid dienone is 2. The van der Waals surface area contributed by atoms with Crippen LogP contribution in [0.1, 0.15) is 39.5 Å². The average Bonchev–Trinajstić information content (AvgIpc) is 2.84. The molecule has 0 saturated carbocycles. The van der Waals surface area contributed by atoms with Crippen LogP contribution in [-0.2, 0) is 28.6 Å². The summed E-state index contributed by atoms with van der Waals surface area (Å²) < 4.78 is 15.9. The molecule has 0 N–H and O–H groups in total. The Balaban J connectivity index is 2.65. The normalized spacial score (nSPS) is 16.8. The zero-order chi connectivity index (χ0) is 18.1. The van der Waals surface area contributed by atoms with Gasteiger partial charge in [0.1, 0.15) is 11.9 Å². The van der Waals surface area contributed by atoms with E-state index in [4.69, 9.17) is 14.2 Å². The Kier molecular flexibility index (Phi) is 8.46. The van der Waals surface area contributed by atoms with Crippen molar-refractivity contribution in [3.8, 4) is 0 Å². The lowest BCUT2D eigenvalue weighted by Gasteiger charge is -2.17. The monoisotopic (exact) mass is 400 g/mol. The van der Waals surface area contributed by atoms with Gasteiger partial charge in [0, 0.05) is 12.5 Å². The van der Waals surface area contributed by atoms with Gasteiger partial charge in [0.2, 0.25) is 0 Å². The lowest BCUT2D eigenvalue weighted by atomic mass is 10.1. The topological polar surface area (TPSA) is 78.9 Å². The van der Waals surface area contributed by atoms with Gasteiger partial charge >= 0.3 is 17.9 Å². The highest BCUT2D eigenvalue weighted by Gasteiger charge is 2.35. The van der Waals surface area contributed by atoms with Crippen LogP contribution in [-0.4, -0.2) is 30.6 Å². The van der Waals surface area contributed by atoms with Crippen LogP contribution in [0.2, 0.25) is 0 Å². The lowest BCUT2D eigenvalue weighted by molar-refractivity contribution is -0.150. The number of hydrogen-bond donors (Lipinski definition) is 0. The van der Waals surface area contributed by atoms with E-state index in [0.29, 0.717) is 28.7 Å². The van der Waals surface area contributed by atoms with Gasteiger partial charge in [-0.25, -0.2) is 9.59 Å². The second-order valence-corrected chi connectivity index (χ2v) is 5.81. The second-order valence-electron chi connectivity index (χ2n) is 5.01. The minimum atomic E-state index is -0.669. The molecule has 7 heteroatoms. The Hall–Kier alpha value is -1.89. The summed E-state index contributed by atoms with van der Waals surface area (Å²) in [6.07, 6.45) is 3.71. The summed E-state index contributed by atoms with van der Waals surface area (Å²) in [6.45, 7) is 7.07. The molecule has 1 rings (SSSR count). The summed E-state index contributed by atoms with van der Waals surface area (Å²) in [5.74, 6) is -1.09. The fourth-order valence-electron chi connectivity index (χ4n) is 2.07. The SMILES string of the molecule is C=CC(=O)OCCCC(=O)OC(CCC)C1=C(Br)/C(=C/C)OC1=O. The number of rotatable bonds is 9. The fourth-order valence-corrected chi connectivity index (χ4v) is 2.80. The van der Waals surface area contributed by atoms with E-state index >= 15 is 0 Å². The average molecular weight is 401 g/mol. The third-order valence-electron chi connectivity index (χ3n) is 3.22. The van der Waals surface area contributed by atoms with Gasteiger partial charge in [-0.3, -0.25) is 4.79 Å². The molecule has 0 amide bonds. The van der Waals surface area contributed by atoms with Crippen molar-refractivity contribution < 1.29 is 28.6 Å². The number of ether oxygens (including phenoxy) is 3. The van der Waals surface area contributed by atoms with Crippen LogP contribution in [0.4, 0.5) is 0 Å². The summed E-state index contributed by atoms with van der Waals surface area (Å²) in [4.78, 5) is 34.9. The smallest absolute Gasteiger partial charge is 0.344 e. The van der Waals surface area contributed by atoms with Crippen molar-refractivity contribution in [3.63, 3.8) is 0 Å². The van der Waals surface area contributed by atoms with Gasteiger partial charge in [-0.2, -0.15) is 0 Å². The third kappa shape index (κ3) is 5.63. The molecule has 132 valence electrons. The van der Waals surface area contributed by atoms with Crippen LogP contribution in [0.3, 0.4) is 0 Å². The van der Waals surface area contributed by atoms with E-state index in [1.807, 2.05) is 6.92 Å². The first-order chi connectivity index (χ1) is 11.4. The van der Waals surface area contributed by atoms with Gasteiger partial charge in [0.05, 0.1) is 16.7 Å². The van der Waals surface area contributed by atoms with Crippen molar-refractivity contribution in [2.24, 2.45) is 0 Å². The van der Waals surface area contributed by atoms with Crippen LogP contribution in [0.5, 0.6) is 0 Å². The molecule has 1 aliphatic heterocycles. The molecule has 0 saturated heterocycles. The van der Waals surface area contributed by atoms with Gasteiger partial charge in [-0.1, -0.05) is 19.9 Å². The minimum Gasteiger partial charge on any atom is -0.463 e. The molecular weight excluding hydrogens is 380 g/mol. The van der Waals surface area contributed by atoms with Crippen molar-refractivity contribution in [2.45, 2.75) is 45.6 Å². The van der Waals surface area contributed by atoms with Gasteiger partial charge in [0.15, 0.2) is 0 Å². The number of cyclic esters (lactones) is 1. The van der Waals surface area contributed by atoms with E-state index < -0.39 is 24.0 Å². The summed E-state index contributed by atoms with van der Waals surface area (Å²) in [5, 5.41) is 0. The number of halogens is 1. The van der Waals surface area contributed by atoms with Crippen LogP contribution >= 0.6 is 15.9 Å². The highest BCUT2D eigenvalue weighted by atomic mass is 79.9. The van der Waals surface area contributed by atoms with Crippen molar-refractivity contribution in [3.05, 3.63) is 34.5 Å². The summed E-state index contributed by atoms with van der Waals surface area (Å²) in [5.41, 5.74) is 0.316. The van der Waals surface area contributed by atoms with Crippen molar-refractivity contribution in [1.82, 2.24) is 0 Å². The molecule has 0 fully saturated rings. The summed E-state index contributed by atoms with van der Waals surface area (Å²) in [6, 6.07) is 0. The molecule has 24 heavy (non-hydrogen) atoms. The number of esters is 3.